The van der Waals surface area contributed by atoms with Crippen LogP contribution in [0, 0.1) is 5.82 Å². The van der Waals surface area contributed by atoms with E-state index in [4.69, 9.17) is 4.74 Å². The summed E-state index contributed by atoms with van der Waals surface area (Å²) < 4.78 is 18.0. The number of aliphatic hydroxyl groups is 1. The van der Waals surface area contributed by atoms with Gasteiger partial charge in [0.1, 0.15) is 18.2 Å². The average Bonchev–Trinajstić information content (AvgIpc) is 2.45. The van der Waals surface area contributed by atoms with Crippen molar-refractivity contribution >= 4 is 11.8 Å². The molecule has 1 aromatic carbocycles. The number of aliphatic hydroxyl groups excluding tert-OH is 1. The summed E-state index contributed by atoms with van der Waals surface area (Å²) in [6, 6.07) is 11.4. The molecule has 0 aliphatic carbocycles. The van der Waals surface area contributed by atoms with Crippen molar-refractivity contribution in [2.75, 3.05) is 12.4 Å². The lowest BCUT2D eigenvalue weighted by Gasteiger charge is -2.11. The largest absolute Gasteiger partial charge is 0.491 e. The van der Waals surface area contributed by atoms with Crippen molar-refractivity contribution in [3.63, 3.8) is 0 Å². The highest BCUT2D eigenvalue weighted by molar-refractivity contribution is 7.99. The Balaban J connectivity index is 1.72. The number of benzene rings is 1. The van der Waals surface area contributed by atoms with Crippen LogP contribution < -0.4 is 4.74 Å². The molecule has 0 aliphatic rings. The molecule has 2 rings (SSSR count). The van der Waals surface area contributed by atoms with E-state index >= 15 is 0 Å². The molecule has 19 heavy (non-hydrogen) atoms. The van der Waals surface area contributed by atoms with Gasteiger partial charge >= 0.3 is 0 Å². The number of ether oxygens (including phenoxy) is 1. The zero-order valence-electron chi connectivity index (χ0n) is 10.2. The molecule has 0 unspecified atom stereocenters. The van der Waals surface area contributed by atoms with Crippen molar-refractivity contribution in [3.8, 4) is 5.75 Å². The smallest absolute Gasteiger partial charge is 0.123 e. The van der Waals surface area contributed by atoms with Gasteiger partial charge in [-0.1, -0.05) is 6.07 Å². The Morgan fingerprint density at radius 1 is 1.21 bits per heavy atom. The van der Waals surface area contributed by atoms with Gasteiger partial charge in [-0.05, 0) is 36.4 Å². The van der Waals surface area contributed by atoms with Crippen LogP contribution in [0.4, 0.5) is 4.39 Å². The van der Waals surface area contributed by atoms with Crippen LogP contribution >= 0.6 is 11.8 Å². The minimum absolute atomic E-state index is 0.172. The van der Waals surface area contributed by atoms with E-state index < -0.39 is 6.10 Å². The van der Waals surface area contributed by atoms with Crippen LogP contribution in [0.5, 0.6) is 5.75 Å². The summed E-state index contributed by atoms with van der Waals surface area (Å²) in [5.74, 6) is 0.736. The molecule has 0 fully saturated rings. The molecular formula is C14H14FNO2S. The molecule has 0 bridgehead atoms. The Hall–Kier alpha value is -1.59. The van der Waals surface area contributed by atoms with Crippen LogP contribution in [0.1, 0.15) is 0 Å². The first-order valence-corrected chi connectivity index (χ1v) is 6.83. The maximum atomic E-state index is 12.7. The zero-order chi connectivity index (χ0) is 13.5. The van der Waals surface area contributed by atoms with E-state index in [0.29, 0.717) is 11.5 Å². The van der Waals surface area contributed by atoms with Gasteiger partial charge in [0.15, 0.2) is 0 Å². The van der Waals surface area contributed by atoms with Gasteiger partial charge in [-0.2, -0.15) is 0 Å². The van der Waals surface area contributed by atoms with Crippen molar-refractivity contribution in [3.05, 3.63) is 54.5 Å². The van der Waals surface area contributed by atoms with Gasteiger partial charge in [-0.25, -0.2) is 9.37 Å². The highest BCUT2D eigenvalue weighted by atomic mass is 32.2. The third-order valence-corrected chi connectivity index (χ3v) is 3.41. The molecule has 1 atom stereocenters. The van der Waals surface area contributed by atoms with Gasteiger partial charge < -0.3 is 9.84 Å². The summed E-state index contributed by atoms with van der Waals surface area (Å²) >= 11 is 1.47. The summed E-state index contributed by atoms with van der Waals surface area (Å²) in [6.07, 6.45) is 1.11. The fourth-order valence-electron chi connectivity index (χ4n) is 1.39. The lowest BCUT2D eigenvalue weighted by atomic mass is 10.3. The van der Waals surface area contributed by atoms with Gasteiger partial charge in [-0.15, -0.1) is 11.8 Å². The van der Waals surface area contributed by atoms with Crippen LogP contribution in [0.25, 0.3) is 0 Å². The molecule has 1 heterocycles. The minimum atomic E-state index is -0.600. The molecular weight excluding hydrogens is 265 g/mol. The first-order chi connectivity index (χ1) is 9.24. The van der Waals surface area contributed by atoms with Crippen LogP contribution in [-0.4, -0.2) is 28.6 Å². The highest BCUT2D eigenvalue weighted by Gasteiger charge is 2.07. The van der Waals surface area contributed by atoms with Crippen LogP contribution in [0.15, 0.2) is 53.7 Å². The second kappa shape index (κ2) is 7.11. The number of hydrogen-bond donors (Lipinski definition) is 1. The second-order valence-corrected chi connectivity index (χ2v) is 4.94. The van der Waals surface area contributed by atoms with Crippen LogP contribution in [0.3, 0.4) is 0 Å². The Bertz CT molecular complexity index is 493. The maximum absolute atomic E-state index is 12.7. The maximum Gasteiger partial charge on any atom is 0.123 e. The molecule has 1 aromatic heterocycles. The quantitative estimate of drug-likeness (QED) is 0.826. The molecule has 2 aromatic rings. The third kappa shape index (κ3) is 4.89. The van der Waals surface area contributed by atoms with Gasteiger partial charge in [-0.3, -0.25) is 0 Å². The number of rotatable bonds is 6. The Labute approximate surface area is 115 Å². The van der Waals surface area contributed by atoms with Gasteiger partial charge in [0.05, 0.1) is 11.1 Å². The summed E-state index contributed by atoms with van der Waals surface area (Å²) in [6.45, 7) is 0.172. The lowest BCUT2D eigenvalue weighted by molar-refractivity contribution is 0.126. The van der Waals surface area contributed by atoms with E-state index in [2.05, 4.69) is 4.98 Å². The second-order valence-electron chi connectivity index (χ2n) is 3.90. The van der Waals surface area contributed by atoms with Crippen molar-refractivity contribution in [1.29, 1.82) is 0 Å². The topological polar surface area (TPSA) is 42.4 Å². The number of halogens is 1. The standard InChI is InChI=1S/C14H14FNO2S/c15-11-4-6-13(7-5-11)18-9-12(17)10-19-14-3-1-2-8-16-14/h1-8,12,17H,9-10H2/t12-/m1/s1. The number of aromatic nitrogens is 1. The van der Waals surface area contributed by atoms with Crippen molar-refractivity contribution in [2.45, 2.75) is 11.1 Å². The van der Waals surface area contributed by atoms with E-state index in [9.17, 15) is 9.50 Å². The molecule has 1 N–H and O–H groups in total. The molecule has 100 valence electrons. The Kier molecular flexibility index (Phi) is 5.18. The van der Waals surface area contributed by atoms with E-state index in [1.807, 2.05) is 18.2 Å². The Morgan fingerprint density at radius 3 is 2.68 bits per heavy atom. The summed E-state index contributed by atoms with van der Waals surface area (Å²) in [5, 5.41) is 10.6. The fraction of sp³-hybridized carbons (Fsp3) is 0.214. The third-order valence-electron chi connectivity index (χ3n) is 2.32. The van der Waals surface area contributed by atoms with E-state index in [-0.39, 0.29) is 12.4 Å². The molecule has 0 spiro atoms. The summed E-state index contributed by atoms with van der Waals surface area (Å²) in [5.41, 5.74) is 0. The van der Waals surface area contributed by atoms with Crippen LogP contribution in [-0.2, 0) is 0 Å². The van der Waals surface area contributed by atoms with Gasteiger partial charge in [0.2, 0.25) is 0 Å². The molecule has 0 radical (unpaired) electrons. The van der Waals surface area contributed by atoms with Crippen LogP contribution in [0.2, 0.25) is 0 Å². The minimum Gasteiger partial charge on any atom is -0.491 e. The normalized spacial score (nSPS) is 12.1. The van der Waals surface area contributed by atoms with Gasteiger partial charge in [0, 0.05) is 11.9 Å². The number of hydrogen-bond acceptors (Lipinski definition) is 4. The summed E-state index contributed by atoms with van der Waals surface area (Å²) in [7, 11) is 0. The SMILES string of the molecule is O[C@H](COc1ccc(F)cc1)CSc1ccccn1. The monoisotopic (exact) mass is 279 g/mol. The first-order valence-electron chi connectivity index (χ1n) is 5.84. The van der Waals surface area contributed by atoms with E-state index in [1.165, 1.54) is 36.0 Å². The predicted octanol–water partition coefficient (Wildman–Crippen LogP) is 2.75. The predicted molar refractivity (Wildman–Crippen MR) is 72.9 cm³/mol. The first kappa shape index (κ1) is 13.8. The zero-order valence-corrected chi connectivity index (χ0v) is 11.0. The highest BCUT2D eigenvalue weighted by Crippen LogP contribution is 2.16. The molecule has 5 heteroatoms. The number of thioether (sulfide) groups is 1. The number of nitrogens with zero attached hydrogens (tertiary/aromatic N) is 1. The van der Waals surface area contributed by atoms with E-state index in [1.54, 1.807) is 6.20 Å². The van der Waals surface area contributed by atoms with Crippen molar-refractivity contribution in [1.82, 2.24) is 4.98 Å². The molecule has 0 amide bonds. The van der Waals surface area contributed by atoms with Crippen molar-refractivity contribution in [2.24, 2.45) is 0 Å². The number of pyridine rings is 1. The van der Waals surface area contributed by atoms with E-state index in [0.717, 1.165) is 5.03 Å². The summed E-state index contributed by atoms with van der Waals surface area (Å²) in [4.78, 5) is 4.15. The fourth-order valence-corrected chi connectivity index (χ4v) is 2.15. The Morgan fingerprint density at radius 2 is 2.00 bits per heavy atom. The van der Waals surface area contributed by atoms with Gasteiger partial charge in [0.25, 0.3) is 0 Å². The molecule has 0 saturated heterocycles. The van der Waals surface area contributed by atoms with Crippen molar-refractivity contribution < 1.29 is 14.2 Å². The lowest BCUT2D eigenvalue weighted by Crippen LogP contribution is -2.20. The average molecular weight is 279 g/mol. The molecule has 3 nitrogen and oxygen atoms in total. The molecule has 0 saturated carbocycles. The molecule has 0 aliphatic heterocycles.